The van der Waals surface area contributed by atoms with E-state index in [1.165, 1.54) is 0 Å². The lowest BCUT2D eigenvalue weighted by Gasteiger charge is -2.02. The van der Waals surface area contributed by atoms with Crippen LogP contribution in [0.4, 0.5) is 5.88 Å². The Bertz CT molecular complexity index is 725. The summed E-state index contributed by atoms with van der Waals surface area (Å²) < 4.78 is 10.6. The van der Waals surface area contributed by atoms with Crippen molar-refractivity contribution in [3.8, 4) is 22.6 Å². The van der Waals surface area contributed by atoms with Crippen LogP contribution < -0.4 is 5.73 Å². The van der Waals surface area contributed by atoms with Gasteiger partial charge in [-0.15, -0.1) is 0 Å². The monoisotopic (exact) mass is 254 g/mol. The minimum atomic E-state index is 0.302. The molecule has 0 spiro atoms. The lowest BCUT2D eigenvalue weighted by molar-refractivity contribution is 0.435. The Morgan fingerprint density at radius 3 is 2.68 bits per heavy atom. The molecule has 0 aliphatic rings. The first-order valence-electron chi connectivity index (χ1n) is 6.03. The standard InChI is InChI=1S/C15H14N2O2/c1-9-4-3-5-11(8-9)12-13(17-19-15(12)16)14-10(2)6-7-18-14/h3-8H,16H2,1-2H3. The summed E-state index contributed by atoms with van der Waals surface area (Å²) in [6.45, 7) is 3.99. The van der Waals surface area contributed by atoms with E-state index in [9.17, 15) is 0 Å². The van der Waals surface area contributed by atoms with Crippen molar-refractivity contribution in [3.05, 3.63) is 47.7 Å². The van der Waals surface area contributed by atoms with Gasteiger partial charge in [-0.05, 0) is 31.0 Å². The normalized spacial score (nSPS) is 10.8. The summed E-state index contributed by atoms with van der Waals surface area (Å²) in [6, 6.07) is 9.93. The minimum Gasteiger partial charge on any atom is -0.462 e. The van der Waals surface area contributed by atoms with Gasteiger partial charge in [0.2, 0.25) is 5.88 Å². The van der Waals surface area contributed by atoms with Gasteiger partial charge in [0, 0.05) is 0 Å². The maximum absolute atomic E-state index is 5.91. The molecule has 3 aromatic rings. The topological polar surface area (TPSA) is 65.2 Å². The average molecular weight is 254 g/mol. The number of nitrogen functional groups attached to an aromatic ring is 1. The lowest BCUT2D eigenvalue weighted by atomic mass is 10.0. The van der Waals surface area contributed by atoms with E-state index in [0.717, 1.165) is 22.3 Å². The molecule has 4 heteroatoms. The maximum atomic E-state index is 5.91. The molecule has 0 saturated heterocycles. The molecule has 96 valence electrons. The van der Waals surface area contributed by atoms with Gasteiger partial charge in [-0.2, -0.15) is 0 Å². The van der Waals surface area contributed by atoms with Crippen molar-refractivity contribution in [2.75, 3.05) is 5.73 Å². The second-order valence-electron chi connectivity index (χ2n) is 4.57. The Labute approximate surface area is 110 Å². The number of rotatable bonds is 2. The Balaban J connectivity index is 2.22. The van der Waals surface area contributed by atoms with Gasteiger partial charge >= 0.3 is 0 Å². The third-order valence-corrected chi connectivity index (χ3v) is 3.10. The molecule has 0 unspecified atom stereocenters. The lowest BCUT2D eigenvalue weighted by Crippen LogP contribution is -1.88. The summed E-state index contributed by atoms with van der Waals surface area (Å²) in [5.41, 5.74) is 10.5. The molecule has 2 heterocycles. The van der Waals surface area contributed by atoms with Crippen molar-refractivity contribution in [1.29, 1.82) is 0 Å². The molecule has 0 fully saturated rings. The van der Waals surface area contributed by atoms with Crippen LogP contribution in [-0.4, -0.2) is 5.16 Å². The summed E-state index contributed by atoms with van der Waals surface area (Å²) in [6.07, 6.45) is 1.63. The SMILES string of the molecule is Cc1cccc(-c2c(-c3occc3C)noc2N)c1. The Morgan fingerprint density at radius 2 is 2.00 bits per heavy atom. The molecule has 0 bridgehead atoms. The molecule has 3 rings (SSSR count). The van der Waals surface area contributed by atoms with Gasteiger partial charge in [0.05, 0.1) is 11.8 Å². The van der Waals surface area contributed by atoms with Gasteiger partial charge in [0.25, 0.3) is 0 Å². The van der Waals surface area contributed by atoms with Crippen molar-refractivity contribution in [3.63, 3.8) is 0 Å². The number of anilines is 1. The van der Waals surface area contributed by atoms with Crippen LogP contribution in [0.25, 0.3) is 22.6 Å². The quantitative estimate of drug-likeness (QED) is 0.755. The predicted octanol–water partition coefficient (Wildman–Crippen LogP) is 3.80. The third-order valence-electron chi connectivity index (χ3n) is 3.10. The zero-order valence-corrected chi connectivity index (χ0v) is 10.8. The van der Waals surface area contributed by atoms with Crippen LogP contribution in [0, 0.1) is 13.8 Å². The Kier molecular flexibility index (Phi) is 2.63. The van der Waals surface area contributed by atoms with Gasteiger partial charge in [0.1, 0.15) is 0 Å². The summed E-state index contributed by atoms with van der Waals surface area (Å²) in [5, 5.41) is 4.03. The highest BCUT2D eigenvalue weighted by molar-refractivity contribution is 5.86. The number of hydrogen-bond donors (Lipinski definition) is 1. The minimum absolute atomic E-state index is 0.302. The molecule has 0 radical (unpaired) electrons. The molecule has 19 heavy (non-hydrogen) atoms. The number of nitrogens with two attached hydrogens (primary N) is 1. The number of hydrogen-bond acceptors (Lipinski definition) is 4. The fourth-order valence-corrected chi connectivity index (χ4v) is 2.15. The second kappa shape index (κ2) is 4.31. The van der Waals surface area contributed by atoms with E-state index in [2.05, 4.69) is 5.16 Å². The molecular formula is C15H14N2O2. The van der Waals surface area contributed by atoms with Gasteiger partial charge in [0.15, 0.2) is 11.5 Å². The molecule has 0 saturated carbocycles. The first-order valence-corrected chi connectivity index (χ1v) is 6.03. The fourth-order valence-electron chi connectivity index (χ4n) is 2.15. The van der Waals surface area contributed by atoms with Gasteiger partial charge < -0.3 is 14.7 Å². The number of furan rings is 1. The predicted molar refractivity (Wildman–Crippen MR) is 73.5 cm³/mol. The van der Waals surface area contributed by atoms with E-state index in [1.807, 2.05) is 44.2 Å². The molecule has 2 N–H and O–H groups in total. The molecule has 0 amide bonds. The average Bonchev–Trinajstić information content (AvgIpc) is 2.95. The van der Waals surface area contributed by atoms with Crippen LogP contribution >= 0.6 is 0 Å². The van der Waals surface area contributed by atoms with Crippen molar-refractivity contribution < 1.29 is 8.94 Å². The molecule has 1 aromatic carbocycles. The van der Waals surface area contributed by atoms with Crippen molar-refractivity contribution in [2.24, 2.45) is 0 Å². The smallest absolute Gasteiger partial charge is 0.230 e. The highest BCUT2D eigenvalue weighted by Gasteiger charge is 2.20. The molecular weight excluding hydrogens is 240 g/mol. The van der Waals surface area contributed by atoms with Crippen molar-refractivity contribution in [1.82, 2.24) is 5.16 Å². The highest BCUT2D eigenvalue weighted by atomic mass is 16.5. The highest BCUT2D eigenvalue weighted by Crippen LogP contribution is 2.37. The zero-order valence-electron chi connectivity index (χ0n) is 10.8. The first-order chi connectivity index (χ1) is 9.16. The van der Waals surface area contributed by atoms with E-state index < -0.39 is 0 Å². The van der Waals surface area contributed by atoms with Gasteiger partial charge in [-0.1, -0.05) is 35.0 Å². The Hall–Kier alpha value is -2.49. The molecule has 0 aliphatic carbocycles. The number of nitrogens with zero attached hydrogens (tertiary/aromatic N) is 1. The van der Waals surface area contributed by atoms with Crippen molar-refractivity contribution in [2.45, 2.75) is 13.8 Å². The van der Waals surface area contributed by atoms with Crippen LogP contribution in [0.15, 0.2) is 45.5 Å². The number of aryl methyl sites for hydroxylation is 2. The summed E-state index contributed by atoms with van der Waals surface area (Å²) in [5.74, 6) is 0.994. The molecule has 0 atom stereocenters. The zero-order chi connectivity index (χ0) is 13.4. The summed E-state index contributed by atoms with van der Waals surface area (Å²) >= 11 is 0. The van der Waals surface area contributed by atoms with E-state index in [1.54, 1.807) is 6.26 Å². The van der Waals surface area contributed by atoms with Crippen LogP contribution in [-0.2, 0) is 0 Å². The second-order valence-corrected chi connectivity index (χ2v) is 4.57. The van der Waals surface area contributed by atoms with Crippen LogP contribution in [0.5, 0.6) is 0 Å². The maximum Gasteiger partial charge on any atom is 0.230 e. The molecule has 0 aliphatic heterocycles. The molecule has 4 nitrogen and oxygen atoms in total. The Morgan fingerprint density at radius 1 is 1.16 bits per heavy atom. The van der Waals surface area contributed by atoms with Crippen LogP contribution in [0.2, 0.25) is 0 Å². The summed E-state index contributed by atoms with van der Waals surface area (Å²) in [4.78, 5) is 0. The van der Waals surface area contributed by atoms with E-state index in [0.29, 0.717) is 17.3 Å². The van der Waals surface area contributed by atoms with E-state index >= 15 is 0 Å². The van der Waals surface area contributed by atoms with Crippen LogP contribution in [0.1, 0.15) is 11.1 Å². The fraction of sp³-hybridized carbons (Fsp3) is 0.133. The summed E-state index contributed by atoms with van der Waals surface area (Å²) in [7, 11) is 0. The van der Waals surface area contributed by atoms with Crippen LogP contribution in [0.3, 0.4) is 0 Å². The first kappa shape index (κ1) is 11.6. The largest absolute Gasteiger partial charge is 0.462 e. The van der Waals surface area contributed by atoms with Gasteiger partial charge in [-0.3, -0.25) is 0 Å². The number of benzene rings is 1. The third kappa shape index (κ3) is 1.91. The number of aromatic nitrogens is 1. The molecule has 2 aromatic heterocycles. The van der Waals surface area contributed by atoms with E-state index in [-0.39, 0.29) is 0 Å². The van der Waals surface area contributed by atoms with Gasteiger partial charge in [-0.25, -0.2) is 0 Å². The van der Waals surface area contributed by atoms with Crippen molar-refractivity contribution >= 4 is 5.88 Å². The van der Waals surface area contributed by atoms with E-state index in [4.69, 9.17) is 14.7 Å².